The lowest BCUT2D eigenvalue weighted by Crippen LogP contribution is -1.93. The highest BCUT2D eigenvalue weighted by molar-refractivity contribution is 5.68. The SMILES string of the molecule is CCCCCCCCCCCc1cc(C#N)ccc1-c1ccccc1. The molecule has 2 rings (SSSR count). The molecule has 25 heavy (non-hydrogen) atoms. The Morgan fingerprint density at radius 3 is 2.04 bits per heavy atom. The molecule has 0 radical (unpaired) electrons. The Kier molecular flexibility index (Phi) is 8.84. The predicted octanol–water partition coefficient (Wildman–Crippen LogP) is 7.30. The van der Waals surface area contributed by atoms with Crippen LogP contribution in [-0.2, 0) is 6.42 Å². The van der Waals surface area contributed by atoms with Gasteiger partial charge in [0, 0.05) is 0 Å². The quantitative estimate of drug-likeness (QED) is 0.396. The van der Waals surface area contributed by atoms with Crippen LogP contribution in [0, 0.1) is 11.3 Å². The first-order valence-corrected chi connectivity index (χ1v) is 9.93. The third kappa shape index (κ3) is 6.75. The minimum Gasteiger partial charge on any atom is -0.192 e. The summed E-state index contributed by atoms with van der Waals surface area (Å²) in [5.41, 5.74) is 4.61. The van der Waals surface area contributed by atoms with E-state index in [0.717, 1.165) is 12.0 Å². The summed E-state index contributed by atoms with van der Waals surface area (Å²) in [6, 6.07) is 18.9. The van der Waals surface area contributed by atoms with Crippen molar-refractivity contribution in [3.05, 3.63) is 59.7 Å². The van der Waals surface area contributed by atoms with Crippen molar-refractivity contribution in [3.8, 4) is 17.2 Å². The largest absolute Gasteiger partial charge is 0.192 e. The van der Waals surface area contributed by atoms with Crippen molar-refractivity contribution in [1.82, 2.24) is 0 Å². The maximum atomic E-state index is 9.20. The van der Waals surface area contributed by atoms with E-state index in [9.17, 15) is 5.26 Å². The summed E-state index contributed by atoms with van der Waals surface area (Å²) in [4.78, 5) is 0. The molecule has 1 heteroatoms. The van der Waals surface area contributed by atoms with Gasteiger partial charge >= 0.3 is 0 Å². The Morgan fingerprint density at radius 1 is 0.760 bits per heavy atom. The standard InChI is InChI=1S/C24H31N/c1-2-3-4-5-6-7-8-9-11-16-23-19-21(20-25)17-18-24(23)22-14-12-10-13-15-22/h10,12-15,17-19H,2-9,11,16H2,1H3. The number of hydrogen-bond donors (Lipinski definition) is 0. The number of rotatable bonds is 11. The topological polar surface area (TPSA) is 23.8 Å². The molecule has 0 heterocycles. The second-order valence-corrected chi connectivity index (χ2v) is 6.93. The molecule has 0 amide bonds. The molecule has 0 spiro atoms. The van der Waals surface area contributed by atoms with Gasteiger partial charge in [-0.05, 0) is 41.7 Å². The normalized spacial score (nSPS) is 10.6. The van der Waals surface area contributed by atoms with E-state index in [0.29, 0.717) is 0 Å². The van der Waals surface area contributed by atoms with Gasteiger partial charge in [0.05, 0.1) is 11.6 Å². The molecule has 1 nitrogen and oxygen atoms in total. The summed E-state index contributed by atoms with van der Waals surface area (Å²) in [5.74, 6) is 0. The highest BCUT2D eigenvalue weighted by atomic mass is 14.2. The molecule has 0 bridgehead atoms. The van der Waals surface area contributed by atoms with E-state index in [1.165, 1.54) is 74.5 Å². The zero-order chi connectivity index (χ0) is 17.7. The molecule has 0 aliphatic heterocycles. The van der Waals surface area contributed by atoms with Crippen LogP contribution in [0.2, 0.25) is 0 Å². The molecule has 132 valence electrons. The van der Waals surface area contributed by atoms with Gasteiger partial charge < -0.3 is 0 Å². The second-order valence-electron chi connectivity index (χ2n) is 6.93. The molecule has 2 aromatic carbocycles. The van der Waals surface area contributed by atoms with Crippen LogP contribution in [0.15, 0.2) is 48.5 Å². The van der Waals surface area contributed by atoms with Crippen LogP contribution in [0.3, 0.4) is 0 Å². The lowest BCUT2D eigenvalue weighted by Gasteiger charge is -2.10. The molecule has 2 aromatic rings. The predicted molar refractivity (Wildman–Crippen MR) is 108 cm³/mol. The Morgan fingerprint density at radius 2 is 1.40 bits per heavy atom. The van der Waals surface area contributed by atoms with Crippen molar-refractivity contribution in [2.75, 3.05) is 0 Å². The summed E-state index contributed by atoms with van der Waals surface area (Å²) in [5, 5.41) is 9.20. The number of unbranched alkanes of at least 4 members (excludes halogenated alkanes) is 8. The summed E-state index contributed by atoms with van der Waals surface area (Å²) >= 11 is 0. The summed E-state index contributed by atoms with van der Waals surface area (Å²) in [6.45, 7) is 2.27. The van der Waals surface area contributed by atoms with Gasteiger partial charge in [-0.25, -0.2) is 0 Å². The fourth-order valence-corrected chi connectivity index (χ4v) is 3.40. The third-order valence-corrected chi connectivity index (χ3v) is 4.87. The Balaban J connectivity index is 1.83. The molecule has 0 saturated carbocycles. The summed E-state index contributed by atoms with van der Waals surface area (Å²) < 4.78 is 0. The van der Waals surface area contributed by atoms with Crippen molar-refractivity contribution in [3.63, 3.8) is 0 Å². The molecule has 0 saturated heterocycles. The average Bonchev–Trinajstić information content (AvgIpc) is 2.67. The summed E-state index contributed by atoms with van der Waals surface area (Å²) in [7, 11) is 0. The highest BCUT2D eigenvalue weighted by Crippen LogP contribution is 2.26. The van der Waals surface area contributed by atoms with Gasteiger partial charge in [0.2, 0.25) is 0 Å². The van der Waals surface area contributed by atoms with E-state index < -0.39 is 0 Å². The van der Waals surface area contributed by atoms with Gasteiger partial charge in [0.25, 0.3) is 0 Å². The smallest absolute Gasteiger partial charge is 0.0991 e. The first-order chi connectivity index (χ1) is 12.3. The van der Waals surface area contributed by atoms with Crippen LogP contribution < -0.4 is 0 Å². The fraction of sp³-hybridized carbons (Fsp3) is 0.458. The number of benzene rings is 2. The molecule has 0 aromatic heterocycles. The monoisotopic (exact) mass is 333 g/mol. The molecule has 0 fully saturated rings. The Labute approximate surface area is 153 Å². The van der Waals surface area contributed by atoms with Crippen molar-refractivity contribution in [2.45, 2.75) is 71.1 Å². The number of aryl methyl sites for hydroxylation is 1. The van der Waals surface area contributed by atoms with E-state index in [4.69, 9.17) is 0 Å². The number of nitrogens with zero attached hydrogens (tertiary/aromatic N) is 1. The van der Waals surface area contributed by atoms with Crippen LogP contribution in [-0.4, -0.2) is 0 Å². The van der Waals surface area contributed by atoms with Gasteiger partial charge in [0.1, 0.15) is 0 Å². The Bertz CT molecular complexity index is 652. The first kappa shape index (κ1) is 19.3. The van der Waals surface area contributed by atoms with E-state index in [1.54, 1.807) is 0 Å². The van der Waals surface area contributed by atoms with Gasteiger partial charge in [-0.2, -0.15) is 5.26 Å². The molecule has 0 aliphatic rings. The lowest BCUT2D eigenvalue weighted by molar-refractivity contribution is 0.565. The number of hydrogen-bond acceptors (Lipinski definition) is 1. The number of nitriles is 1. The van der Waals surface area contributed by atoms with E-state index in [1.807, 2.05) is 12.1 Å². The van der Waals surface area contributed by atoms with Crippen molar-refractivity contribution in [1.29, 1.82) is 5.26 Å². The average molecular weight is 334 g/mol. The van der Waals surface area contributed by atoms with Crippen LogP contribution in [0.4, 0.5) is 0 Å². The first-order valence-electron chi connectivity index (χ1n) is 9.93. The molecular weight excluding hydrogens is 302 g/mol. The second kappa shape index (κ2) is 11.5. The Hall–Kier alpha value is -2.07. The minimum absolute atomic E-state index is 0.769. The third-order valence-electron chi connectivity index (χ3n) is 4.87. The fourth-order valence-electron chi connectivity index (χ4n) is 3.40. The highest BCUT2D eigenvalue weighted by Gasteiger charge is 2.06. The van der Waals surface area contributed by atoms with Gasteiger partial charge in [-0.3, -0.25) is 0 Å². The zero-order valence-corrected chi connectivity index (χ0v) is 15.6. The van der Waals surface area contributed by atoms with E-state index in [2.05, 4.69) is 49.4 Å². The van der Waals surface area contributed by atoms with Crippen LogP contribution in [0.1, 0.15) is 75.8 Å². The molecule has 0 atom stereocenters. The maximum Gasteiger partial charge on any atom is 0.0991 e. The molecule has 0 N–H and O–H groups in total. The van der Waals surface area contributed by atoms with Crippen LogP contribution >= 0.6 is 0 Å². The van der Waals surface area contributed by atoms with E-state index >= 15 is 0 Å². The molecule has 0 unspecified atom stereocenters. The van der Waals surface area contributed by atoms with Gasteiger partial charge in [-0.1, -0.05) is 94.7 Å². The van der Waals surface area contributed by atoms with Crippen LogP contribution in [0.25, 0.3) is 11.1 Å². The van der Waals surface area contributed by atoms with Gasteiger partial charge in [-0.15, -0.1) is 0 Å². The van der Waals surface area contributed by atoms with Crippen LogP contribution in [0.5, 0.6) is 0 Å². The maximum absolute atomic E-state index is 9.20. The van der Waals surface area contributed by atoms with Crippen molar-refractivity contribution >= 4 is 0 Å². The molecule has 0 aliphatic carbocycles. The van der Waals surface area contributed by atoms with E-state index in [-0.39, 0.29) is 0 Å². The minimum atomic E-state index is 0.769. The van der Waals surface area contributed by atoms with Crippen molar-refractivity contribution in [2.24, 2.45) is 0 Å². The van der Waals surface area contributed by atoms with Gasteiger partial charge in [0.15, 0.2) is 0 Å². The lowest BCUT2D eigenvalue weighted by atomic mass is 9.94. The summed E-state index contributed by atoms with van der Waals surface area (Å²) in [6.07, 6.45) is 13.2. The zero-order valence-electron chi connectivity index (χ0n) is 15.6. The molecular formula is C24H31N. The van der Waals surface area contributed by atoms with Crippen molar-refractivity contribution < 1.29 is 0 Å².